The molecule has 0 fully saturated rings. The minimum Gasteiger partial charge on any atom is -0.459 e. The van der Waals surface area contributed by atoms with Crippen LogP contribution in [0, 0.1) is 0 Å². The Hall–Kier alpha value is -2.22. The highest BCUT2D eigenvalue weighted by molar-refractivity contribution is 7.10. The van der Waals surface area contributed by atoms with E-state index in [2.05, 4.69) is 20.2 Å². The Morgan fingerprint density at radius 1 is 1.50 bits per heavy atom. The van der Waals surface area contributed by atoms with Crippen LogP contribution >= 0.6 is 11.5 Å². The van der Waals surface area contributed by atoms with Crippen LogP contribution in [0.3, 0.4) is 0 Å². The first-order valence-corrected chi connectivity index (χ1v) is 5.87. The molecule has 0 saturated heterocycles. The summed E-state index contributed by atoms with van der Waals surface area (Å²) in [6.07, 6.45) is 2.83. The van der Waals surface area contributed by atoms with Gasteiger partial charge in [-0.05, 0) is 19.1 Å². The van der Waals surface area contributed by atoms with Crippen LogP contribution in [-0.2, 0) is 4.79 Å². The van der Waals surface area contributed by atoms with Gasteiger partial charge in [-0.3, -0.25) is 9.59 Å². The van der Waals surface area contributed by atoms with E-state index in [-0.39, 0.29) is 11.7 Å². The van der Waals surface area contributed by atoms with Crippen LogP contribution in [0.2, 0.25) is 0 Å². The standard InChI is InChI=1S/C10H10N4O3S/c1-6(9(15)13-8-5-11-14-18-8)12-10(16)7-3-2-4-17-7/h2-6H,1H3,(H,12,16)(H,13,15)/t6-/m0/s1. The Morgan fingerprint density at radius 2 is 2.33 bits per heavy atom. The average molecular weight is 266 g/mol. The summed E-state index contributed by atoms with van der Waals surface area (Å²) >= 11 is 1.06. The molecule has 2 rings (SSSR count). The molecule has 2 amide bonds. The maximum Gasteiger partial charge on any atom is 0.287 e. The fourth-order valence-electron chi connectivity index (χ4n) is 1.19. The molecular formula is C10H10N4O3S. The summed E-state index contributed by atoms with van der Waals surface area (Å²) in [5.74, 6) is -0.625. The van der Waals surface area contributed by atoms with Gasteiger partial charge in [0.1, 0.15) is 11.0 Å². The van der Waals surface area contributed by atoms with Gasteiger partial charge >= 0.3 is 0 Å². The second kappa shape index (κ2) is 5.41. The van der Waals surface area contributed by atoms with E-state index in [1.807, 2.05) is 0 Å². The molecule has 0 radical (unpaired) electrons. The highest BCUT2D eigenvalue weighted by Gasteiger charge is 2.18. The van der Waals surface area contributed by atoms with Gasteiger partial charge in [-0.2, -0.15) is 0 Å². The summed E-state index contributed by atoms with van der Waals surface area (Å²) in [4.78, 5) is 23.3. The third-order valence-electron chi connectivity index (χ3n) is 2.09. The van der Waals surface area contributed by atoms with Crippen molar-refractivity contribution in [2.75, 3.05) is 5.32 Å². The van der Waals surface area contributed by atoms with Crippen molar-refractivity contribution in [1.82, 2.24) is 14.9 Å². The maximum absolute atomic E-state index is 11.7. The van der Waals surface area contributed by atoms with Crippen LogP contribution < -0.4 is 10.6 Å². The van der Waals surface area contributed by atoms with Crippen molar-refractivity contribution in [3.8, 4) is 0 Å². The highest BCUT2D eigenvalue weighted by Crippen LogP contribution is 2.09. The SMILES string of the molecule is C[C@H](NC(=O)c1ccco1)C(=O)Nc1cnns1. The lowest BCUT2D eigenvalue weighted by molar-refractivity contribution is -0.117. The average Bonchev–Trinajstić information content (AvgIpc) is 3.01. The van der Waals surface area contributed by atoms with E-state index < -0.39 is 11.9 Å². The fourth-order valence-corrected chi connectivity index (χ4v) is 1.62. The van der Waals surface area contributed by atoms with E-state index in [0.29, 0.717) is 5.00 Å². The minimum absolute atomic E-state index is 0.161. The van der Waals surface area contributed by atoms with Gasteiger partial charge in [-0.25, -0.2) is 0 Å². The van der Waals surface area contributed by atoms with E-state index in [1.165, 1.54) is 18.5 Å². The number of rotatable bonds is 4. The number of hydrogen-bond donors (Lipinski definition) is 2. The molecule has 0 unspecified atom stereocenters. The number of anilines is 1. The largest absolute Gasteiger partial charge is 0.459 e. The first-order valence-electron chi connectivity index (χ1n) is 5.09. The van der Waals surface area contributed by atoms with Crippen LogP contribution in [-0.4, -0.2) is 27.4 Å². The first-order chi connectivity index (χ1) is 8.66. The van der Waals surface area contributed by atoms with E-state index in [0.717, 1.165) is 11.5 Å². The molecule has 0 aliphatic carbocycles. The lowest BCUT2D eigenvalue weighted by Crippen LogP contribution is -2.41. The molecule has 0 aliphatic heterocycles. The fraction of sp³-hybridized carbons (Fsp3) is 0.200. The zero-order valence-electron chi connectivity index (χ0n) is 9.41. The van der Waals surface area contributed by atoms with Gasteiger partial charge in [0.25, 0.3) is 5.91 Å². The van der Waals surface area contributed by atoms with Gasteiger partial charge in [0.2, 0.25) is 5.91 Å². The van der Waals surface area contributed by atoms with Crippen LogP contribution in [0.5, 0.6) is 0 Å². The van der Waals surface area contributed by atoms with E-state index in [4.69, 9.17) is 4.42 Å². The van der Waals surface area contributed by atoms with Crippen molar-refractivity contribution in [1.29, 1.82) is 0 Å². The van der Waals surface area contributed by atoms with Crippen LogP contribution in [0.4, 0.5) is 5.00 Å². The summed E-state index contributed by atoms with van der Waals surface area (Å²) < 4.78 is 8.53. The number of nitrogens with zero attached hydrogens (tertiary/aromatic N) is 2. The number of aromatic nitrogens is 2. The second-order valence-electron chi connectivity index (χ2n) is 3.44. The minimum atomic E-state index is -0.690. The topological polar surface area (TPSA) is 97.1 Å². The monoisotopic (exact) mass is 266 g/mol. The molecule has 8 heteroatoms. The number of carbonyl (C=O) groups excluding carboxylic acids is 2. The molecule has 1 atom stereocenters. The van der Waals surface area contributed by atoms with Crippen LogP contribution in [0.1, 0.15) is 17.5 Å². The maximum atomic E-state index is 11.7. The molecule has 2 aromatic heterocycles. The summed E-state index contributed by atoms with van der Waals surface area (Å²) in [5, 5.41) is 9.21. The lowest BCUT2D eigenvalue weighted by atomic mass is 10.3. The third-order valence-corrected chi connectivity index (χ3v) is 2.67. The van der Waals surface area contributed by atoms with Crippen molar-refractivity contribution in [3.63, 3.8) is 0 Å². The second-order valence-corrected chi connectivity index (χ2v) is 4.23. The molecule has 2 heterocycles. The molecule has 0 aromatic carbocycles. The smallest absolute Gasteiger partial charge is 0.287 e. The summed E-state index contributed by atoms with van der Waals surface area (Å²) in [5.41, 5.74) is 0. The Labute approximate surface area is 106 Å². The van der Waals surface area contributed by atoms with Crippen LogP contribution in [0.15, 0.2) is 29.0 Å². The molecule has 0 spiro atoms. The van der Waals surface area contributed by atoms with Crippen molar-refractivity contribution < 1.29 is 14.0 Å². The lowest BCUT2D eigenvalue weighted by Gasteiger charge is -2.11. The van der Waals surface area contributed by atoms with Gasteiger partial charge < -0.3 is 15.1 Å². The van der Waals surface area contributed by atoms with Crippen molar-refractivity contribution in [3.05, 3.63) is 30.4 Å². The molecule has 2 N–H and O–H groups in total. The van der Waals surface area contributed by atoms with Crippen molar-refractivity contribution in [2.24, 2.45) is 0 Å². The summed E-state index contributed by atoms with van der Waals surface area (Å²) in [6, 6.07) is 2.43. The van der Waals surface area contributed by atoms with Crippen molar-refractivity contribution >= 4 is 28.3 Å². The normalized spacial score (nSPS) is 11.8. The Kier molecular flexibility index (Phi) is 3.68. The van der Waals surface area contributed by atoms with Gasteiger partial charge in [-0.15, -0.1) is 5.10 Å². The molecule has 18 heavy (non-hydrogen) atoms. The third kappa shape index (κ3) is 2.92. The highest BCUT2D eigenvalue weighted by atomic mass is 32.1. The predicted molar refractivity (Wildman–Crippen MR) is 64.2 cm³/mol. The first kappa shape index (κ1) is 12.2. The molecule has 0 saturated carbocycles. The molecule has 2 aromatic rings. The molecular weight excluding hydrogens is 256 g/mol. The van der Waals surface area contributed by atoms with Gasteiger partial charge in [0.15, 0.2) is 5.76 Å². The Balaban J connectivity index is 1.89. The molecule has 0 bridgehead atoms. The van der Waals surface area contributed by atoms with E-state index >= 15 is 0 Å². The number of carbonyl (C=O) groups is 2. The van der Waals surface area contributed by atoms with Gasteiger partial charge in [0, 0.05) is 11.5 Å². The predicted octanol–water partition coefficient (Wildman–Crippen LogP) is 0.888. The van der Waals surface area contributed by atoms with Gasteiger partial charge in [-0.1, -0.05) is 4.49 Å². The quantitative estimate of drug-likeness (QED) is 0.856. The van der Waals surface area contributed by atoms with Crippen molar-refractivity contribution in [2.45, 2.75) is 13.0 Å². The number of nitrogens with one attached hydrogen (secondary N) is 2. The molecule has 0 aliphatic rings. The zero-order valence-corrected chi connectivity index (χ0v) is 10.2. The number of amides is 2. The summed E-state index contributed by atoms with van der Waals surface area (Å²) in [7, 11) is 0. The van der Waals surface area contributed by atoms with Crippen LogP contribution in [0.25, 0.3) is 0 Å². The summed E-state index contributed by atoms with van der Waals surface area (Å²) in [6.45, 7) is 1.57. The Bertz CT molecular complexity index is 523. The number of furan rings is 1. The van der Waals surface area contributed by atoms with Gasteiger partial charge in [0.05, 0.1) is 12.5 Å². The number of hydrogen-bond acceptors (Lipinski definition) is 6. The Morgan fingerprint density at radius 3 is 2.94 bits per heavy atom. The van der Waals surface area contributed by atoms with E-state index in [9.17, 15) is 9.59 Å². The zero-order chi connectivity index (χ0) is 13.0. The van der Waals surface area contributed by atoms with E-state index in [1.54, 1.807) is 13.0 Å². The molecule has 94 valence electrons. The molecule has 7 nitrogen and oxygen atoms in total.